The fourth-order valence-corrected chi connectivity index (χ4v) is 4.04. The van der Waals surface area contributed by atoms with E-state index in [1.165, 1.54) is 0 Å². The van der Waals surface area contributed by atoms with Gasteiger partial charge in [0.25, 0.3) is 0 Å². The number of hydrogen-bond acceptors (Lipinski definition) is 5. The molecule has 130 valence electrons. The Morgan fingerprint density at radius 3 is 2.96 bits per heavy atom. The predicted octanol–water partition coefficient (Wildman–Crippen LogP) is 2.71. The van der Waals surface area contributed by atoms with Gasteiger partial charge in [-0.05, 0) is 51.7 Å². The Labute approximate surface area is 145 Å². The molecule has 1 aromatic heterocycles. The zero-order valence-electron chi connectivity index (χ0n) is 14.3. The lowest BCUT2D eigenvalue weighted by Gasteiger charge is -2.33. The number of rotatable bonds is 3. The Hall–Kier alpha value is -1.94. The van der Waals surface area contributed by atoms with E-state index in [-0.39, 0.29) is 12.0 Å². The van der Waals surface area contributed by atoms with Crippen LogP contribution in [0.25, 0.3) is 0 Å². The number of ether oxygens (including phenoxy) is 1. The second kappa shape index (κ2) is 7.75. The van der Waals surface area contributed by atoms with Crippen molar-refractivity contribution in [2.75, 3.05) is 18.8 Å². The van der Waals surface area contributed by atoms with E-state index in [0.717, 1.165) is 12.8 Å². The molecule has 2 atom stereocenters. The second-order valence-corrected chi connectivity index (χ2v) is 8.33. The molecule has 0 aromatic carbocycles. The molecule has 6 nitrogen and oxygen atoms in total. The number of piperidine rings is 1. The lowest BCUT2D eigenvalue weighted by atomic mass is 10.0. The molecule has 1 fully saturated rings. The Balaban J connectivity index is 1.99. The summed E-state index contributed by atoms with van der Waals surface area (Å²) in [5.74, 6) is 0.506. The fourth-order valence-electron chi connectivity index (χ4n) is 2.64. The van der Waals surface area contributed by atoms with E-state index in [2.05, 4.69) is 4.98 Å². The van der Waals surface area contributed by atoms with Gasteiger partial charge in [-0.25, -0.2) is 9.78 Å². The minimum absolute atomic E-state index is 0.112. The van der Waals surface area contributed by atoms with Gasteiger partial charge in [-0.15, -0.1) is 0 Å². The molecular weight excluding hydrogens is 326 g/mol. The zero-order valence-corrected chi connectivity index (χ0v) is 15.1. The molecule has 0 spiro atoms. The largest absolute Gasteiger partial charge is 0.444 e. The van der Waals surface area contributed by atoms with Crippen molar-refractivity contribution in [3.8, 4) is 6.07 Å². The third kappa shape index (κ3) is 5.03. The Bertz CT molecular complexity index is 664. The Kier molecular flexibility index (Phi) is 5.94. The van der Waals surface area contributed by atoms with Gasteiger partial charge < -0.3 is 9.64 Å². The number of nitrogens with zero attached hydrogens (tertiary/aromatic N) is 3. The van der Waals surface area contributed by atoms with E-state index in [1.807, 2.05) is 26.8 Å². The van der Waals surface area contributed by atoms with Crippen molar-refractivity contribution in [3.63, 3.8) is 0 Å². The molecular formula is C17H23N3O3S. The summed E-state index contributed by atoms with van der Waals surface area (Å²) >= 11 is 0. The van der Waals surface area contributed by atoms with E-state index < -0.39 is 16.4 Å². The van der Waals surface area contributed by atoms with Gasteiger partial charge in [0.1, 0.15) is 16.7 Å². The summed E-state index contributed by atoms with van der Waals surface area (Å²) in [6.07, 6.45) is 2.98. The third-order valence-corrected chi connectivity index (χ3v) is 5.20. The molecule has 0 aliphatic carbocycles. The molecule has 7 heteroatoms. The van der Waals surface area contributed by atoms with Crippen molar-refractivity contribution < 1.29 is 13.7 Å². The first-order valence-electron chi connectivity index (χ1n) is 8.01. The molecule has 0 unspecified atom stereocenters. The van der Waals surface area contributed by atoms with Crippen molar-refractivity contribution >= 4 is 16.9 Å². The van der Waals surface area contributed by atoms with Crippen LogP contribution < -0.4 is 0 Å². The topological polar surface area (TPSA) is 83.3 Å². The van der Waals surface area contributed by atoms with Crippen LogP contribution in [0.1, 0.15) is 39.2 Å². The Morgan fingerprint density at radius 2 is 2.29 bits per heavy atom. The standard InChI is InChI=1S/C17H23N3O3S/c1-17(2,3)23-16(21)20-9-5-6-13(11-20)12-24(22)15-14(10-18)7-4-8-19-15/h4,7-8,13H,5-6,9,11-12H2,1-3H3/t13-,24-/m1/s1. The molecule has 0 bridgehead atoms. The highest BCUT2D eigenvalue weighted by atomic mass is 32.2. The van der Waals surface area contributed by atoms with Gasteiger partial charge >= 0.3 is 6.09 Å². The number of amides is 1. The maximum absolute atomic E-state index is 12.6. The van der Waals surface area contributed by atoms with Gasteiger partial charge in [0.2, 0.25) is 0 Å². The van der Waals surface area contributed by atoms with E-state index >= 15 is 0 Å². The monoisotopic (exact) mass is 349 g/mol. The molecule has 1 aliphatic heterocycles. The minimum atomic E-state index is -1.35. The van der Waals surface area contributed by atoms with Gasteiger partial charge in [0, 0.05) is 25.0 Å². The van der Waals surface area contributed by atoms with E-state index in [4.69, 9.17) is 10.00 Å². The van der Waals surface area contributed by atoms with E-state index in [9.17, 15) is 9.00 Å². The molecule has 2 heterocycles. The number of carbonyl (C=O) groups excluding carboxylic acids is 1. The van der Waals surface area contributed by atoms with Crippen molar-refractivity contribution in [1.29, 1.82) is 5.26 Å². The van der Waals surface area contributed by atoms with Crippen LogP contribution in [0.4, 0.5) is 4.79 Å². The van der Waals surface area contributed by atoms with Crippen LogP contribution in [0.5, 0.6) is 0 Å². The number of hydrogen-bond donors (Lipinski definition) is 0. The van der Waals surface area contributed by atoms with E-state index in [1.54, 1.807) is 23.2 Å². The summed E-state index contributed by atoms with van der Waals surface area (Å²) in [5, 5.41) is 9.43. The predicted molar refractivity (Wildman–Crippen MR) is 90.8 cm³/mol. The van der Waals surface area contributed by atoms with Gasteiger partial charge in [0.05, 0.1) is 16.4 Å². The lowest BCUT2D eigenvalue weighted by molar-refractivity contribution is 0.0176. The van der Waals surface area contributed by atoms with Crippen molar-refractivity contribution in [2.24, 2.45) is 5.92 Å². The molecule has 24 heavy (non-hydrogen) atoms. The first-order valence-corrected chi connectivity index (χ1v) is 9.33. The third-order valence-electron chi connectivity index (χ3n) is 3.67. The highest BCUT2D eigenvalue weighted by molar-refractivity contribution is 7.85. The van der Waals surface area contributed by atoms with Crippen molar-refractivity contribution in [2.45, 2.75) is 44.2 Å². The fraction of sp³-hybridized carbons (Fsp3) is 0.588. The summed E-state index contributed by atoms with van der Waals surface area (Å²) in [5.41, 5.74) is -0.182. The van der Waals surface area contributed by atoms with Crippen LogP contribution in [0, 0.1) is 17.2 Å². The zero-order chi connectivity index (χ0) is 17.7. The summed E-state index contributed by atoms with van der Waals surface area (Å²) in [6, 6.07) is 5.30. The summed E-state index contributed by atoms with van der Waals surface area (Å²) in [4.78, 5) is 18.0. The normalized spacial score (nSPS) is 19.4. The first kappa shape index (κ1) is 18.4. The summed E-state index contributed by atoms with van der Waals surface area (Å²) in [6.45, 7) is 6.70. The van der Waals surface area contributed by atoms with Gasteiger partial charge in [-0.3, -0.25) is 4.21 Å². The number of nitriles is 1. The van der Waals surface area contributed by atoms with Gasteiger partial charge in [0.15, 0.2) is 0 Å². The number of aromatic nitrogens is 1. The van der Waals surface area contributed by atoms with Crippen LogP contribution in [0.15, 0.2) is 23.4 Å². The molecule has 0 N–H and O–H groups in total. The van der Waals surface area contributed by atoms with Crippen LogP contribution in [0.2, 0.25) is 0 Å². The summed E-state index contributed by atoms with van der Waals surface area (Å²) < 4.78 is 18.0. The number of likely N-dealkylation sites (tertiary alicyclic amines) is 1. The summed E-state index contributed by atoms with van der Waals surface area (Å²) in [7, 11) is -1.35. The highest BCUT2D eigenvalue weighted by Gasteiger charge is 2.29. The van der Waals surface area contributed by atoms with Crippen LogP contribution >= 0.6 is 0 Å². The second-order valence-electron chi connectivity index (χ2n) is 6.91. The van der Waals surface area contributed by atoms with Crippen molar-refractivity contribution in [3.05, 3.63) is 23.9 Å². The van der Waals surface area contributed by atoms with Gasteiger partial charge in [-0.1, -0.05) is 0 Å². The van der Waals surface area contributed by atoms with Crippen LogP contribution in [-0.2, 0) is 15.5 Å². The smallest absolute Gasteiger partial charge is 0.410 e. The molecule has 0 radical (unpaired) electrons. The molecule has 0 saturated carbocycles. The van der Waals surface area contributed by atoms with Crippen molar-refractivity contribution in [1.82, 2.24) is 9.88 Å². The van der Waals surface area contributed by atoms with Crippen LogP contribution in [0.3, 0.4) is 0 Å². The Morgan fingerprint density at radius 1 is 1.54 bits per heavy atom. The lowest BCUT2D eigenvalue weighted by Crippen LogP contribution is -2.44. The minimum Gasteiger partial charge on any atom is -0.444 e. The SMILES string of the molecule is CC(C)(C)OC(=O)N1CCC[C@@H](C[S@@](=O)c2ncccc2C#N)C1. The molecule has 1 saturated heterocycles. The first-order chi connectivity index (χ1) is 11.3. The average Bonchev–Trinajstić information content (AvgIpc) is 2.53. The van der Waals surface area contributed by atoms with Crippen LogP contribution in [-0.4, -0.2) is 44.6 Å². The molecule has 2 rings (SSSR count). The quantitative estimate of drug-likeness (QED) is 0.838. The molecule has 1 amide bonds. The number of pyridine rings is 1. The maximum Gasteiger partial charge on any atom is 0.410 e. The number of carbonyl (C=O) groups is 1. The van der Waals surface area contributed by atoms with E-state index in [0.29, 0.717) is 29.4 Å². The highest BCUT2D eigenvalue weighted by Crippen LogP contribution is 2.22. The molecule has 1 aliphatic rings. The maximum atomic E-state index is 12.6. The average molecular weight is 349 g/mol. The molecule has 1 aromatic rings. The van der Waals surface area contributed by atoms with Gasteiger partial charge in [-0.2, -0.15) is 5.26 Å².